The van der Waals surface area contributed by atoms with E-state index in [1.165, 1.54) is 16.3 Å². The summed E-state index contributed by atoms with van der Waals surface area (Å²) >= 11 is 0. The first-order valence-corrected chi connectivity index (χ1v) is 8.10. The zero-order chi connectivity index (χ0) is 16.1. The van der Waals surface area contributed by atoms with Gasteiger partial charge in [-0.25, -0.2) is 4.98 Å². The van der Waals surface area contributed by atoms with E-state index in [4.69, 9.17) is 9.72 Å². The maximum atomic E-state index is 9.56. The first-order chi connectivity index (χ1) is 11.8. The molecule has 0 saturated heterocycles. The number of aromatic amines is 1. The summed E-state index contributed by atoms with van der Waals surface area (Å²) in [5, 5.41) is 12.0. The number of benzene rings is 2. The van der Waals surface area contributed by atoms with Crippen LogP contribution in [-0.4, -0.2) is 21.7 Å². The molecule has 3 heterocycles. The Hall–Kier alpha value is -2.85. The van der Waals surface area contributed by atoms with Crippen LogP contribution in [0, 0.1) is 0 Å². The van der Waals surface area contributed by atoms with Crippen molar-refractivity contribution in [2.24, 2.45) is 0 Å². The van der Waals surface area contributed by atoms with E-state index >= 15 is 0 Å². The van der Waals surface area contributed by atoms with Crippen molar-refractivity contribution in [1.82, 2.24) is 9.97 Å². The second kappa shape index (κ2) is 5.08. The number of ether oxygens (including phenoxy) is 1. The Bertz CT molecular complexity index is 1060. The number of nitrogens with one attached hydrogen (secondary N) is 1. The number of phenolic OH excluding ortho intramolecular Hbond substituents is 1. The highest BCUT2D eigenvalue weighted by Gasteiger charge is 2.21. The van der Waals surface area contributed by atoms with Crippen LogP contribution in [0.2, 0.25) is 0 Å². The molecule has 1 aliphatic heterocycles. The molecule has 2 aromatic carbocycles. The Kier molecular flexibility index (Phi) is 2.87. The third-order valence-corrected chi connectivity index (χ3v) is 4.78. The van der Waals surface area contributed by atoms with Gasteiger partial charge in [0.25, 0.3) is 0 Å². The molecular weight excluding hydrogens is 300 g/mol. The van der Waals surface area contributed by atoms with Crippen molar-refractivity contribution in [3.8, 4) is 17.0 Å². The Morgan fingerprint density at radius 2 is 1.88 bits per heavy atom. The number of nitrogens with zero attached hydrogens (tertiary/aromatic N) is 1. The number of pyridine rings is 1. The van der Waals surface area contributed by atoms with Crippen LogP contribution in [0.25, 0.3) is 33.1 Å². The van der Waals surface area contributed by atoms with Crippen LogP contribution in [0.1, 0.15) is 11.1 Å². The van der Waals surface area contributed by atoms with Crippen LogP contribution >= 0.6 is 0 Å². The minimum Gasteiger partial charge on any atom is -0.508 e. The average molecular weight is 316 g/mol. The lowest BCUT2D eigenvalue weighted by molar-refractivity contribution is 0.111. The van der Waals surface area contributed by atoms with Gasteiger partial charge in [0.05, 0.1) is 24.4 Å². The summed E-state index contributed by atoms with van der Waals surface area (Å²) in [6.07, 6.45) is 2.87. The van der Waals surface area contributed by atoms with Crippen molar-refractivity contribution in [2.45, 2.75) is 13.0 Å². The van der Waals surface area contributed by atoms with Crippen LogP contribution in [-0.2, 0) is 17.8 Å². The highest BCUT2D eigenvalue weighted by atomic mass is 16.5. The van der Waals surface area contributed by atoms with E-state index < -0.39 is 0 Å². The topological polar surface area (TPSA) is 58.1 Å². The van der Waals surface area contributed by atoms with Gasteiger partial charge in [-0.3, -0.25) is 0 Å². The van der Waals surface area contributed by atoms with Crippen molar-refractivity contribution in [2.75, 3.05) is 6.61 Å². The van der Waals surface area contributed by atoms with Gasteiger partial charge >= 0.3 is 0 Å². The second-order valence-electron chi connectivity index (χ2n) is 6.17. The van der Waals surface area contributed by atoms with Gasteiger partial charge < -0.3 is 14.8 Å². The third-order valence-electron chi connectivity index (χ3n) is 4.78. The Labute approximate surface area is 138 Å². The number of H-pyrrole nitrogens is 1. The predicted octanol–water partition coefficient (Wildman–Crippen LogP) is 4.16. The molecule has 118 valence electrons. The maximum Gasteiger partial charge on any atom is 0.115 e. The van der Waals surface area contributed by atoms with Gasteiger partial charge in [-0.2, -0.15) is 0 Å². The van der Waals surface area contributed by atoms with Crippen molar-refractivity contribution >= 4 is 21.8 Å². The molecule has 0 saturated carbocycles. The minimum absolute atomic E-state index is 0.263. The van der Waals surface area contributed by atoms with Gasteiger partial charge in [0, 0.05) is 33.6 Å². The standard InChI is InChI=1S/C20H16N2O2/c23-13-3-1-12(2-4-13)20-16-11-24-10-8-14(16)19-15-7-9-21-17(15)5-6-18(19)22-20/h1-7,9,21,23H,8,10-11H2. The molecule has 0 aliphatic carbocycles. The lowest BCUT2D eigenvalue weighted by atomic mass is 9.92. The van der Waals surface area contributed by atoms with Crippen molar-refractivity contribution in [3.05, 3.63) is 59.8 Å². The number of rotatable bonds is 1. The number of fused-ring (bicyclic) bond motifs is 5. The van der Waals surface area contributed by atoms with E-state index in [2.05, 4.69) is 23.2 Å². The molecule has 2 N–H and O–H groups in total. The first kappa shape index (κ1) is 13.6. The number of hydrogen-bond donors (Lipinski definition) is 2. The summed E-state index contributed by atoms with van der Waals surface area (Å²) in [4.78, 5) is 8.23. The Balaban J connectivity index is 1.88. The fraction of sp³-hybridized carbons (Fsp3) is 0.150. The first-order valence-electron chi connectivity index (χ1n) is 8.10. The summed E-state index contributed by atoms with van der Waals surface area (Å²) in [6.45, 7) is 1.32. The van der Waals surface area contributed by atoms with E-state index in [1.54, 1.807) is 12.1 Å². The molecule has 0 bridgehead atoms. The summed E-state index contributed by atoms with van der Waals surface area (Å²) in [5.74, 6) is 0.263. The molecule has 24 heavy (non-hydrogen) atoms. The van der Waals surface area contributed by atoms with E-state index in [0.29, 0.717) is 6.61 Å². The summed E-state index contributed by atoms with van der Waals surface area (Å²) < 4.78 is 5.73. The van der Waals surface area contributed by atoms with Crippen LogP contribution in [0.4, 0.5) is 0 Å². The fourth-order valence-electron chi connectivity index (χ4n) is 3.65. The zero-order valence-electron chi connectivity index (χ0n) is 13.0. The largest absolute Gasteiger partial charge is 0.508 e. The quantitative estimate of drug-likeness (QED) is 0.554. The molecule has 4 aromatic rings. The maximum absolute atomic E-state index is 9.56. The highest BCUT2D eigenvalue weighted by Crippen LogP contribution is 2.36. The average Bonchev–Trinajstić information content (AvgIpc) is 3.10. The molecule has 0 amide bonds. The lowest BCUT2D eigenvalue weighted by Gasteiger charge is -2.22. The highest BCUT2D eigenvalue weighted by molar-refractivity contribution is 6.08. The fourth-order valence-corrected chi connectivity index (χ4v) is 3.65. The molecule has 0 unspecified atom stereocenters. The Morgan fingerprint density at radius 3 is 2.75 bits per heavy atom. The van der Waals surface area contributed by atoms with Crippen molar-refractivity contribution < 1.29 is 9.84 Å². The molecule has 4 nitrogen and oxygen atoms in total. The molecular formula is C20H16N2O2. The number of aromatic hydroxyl groups is 1. The van der Waals surface area contributed by atoms with E-state index in [-0.39, 0.29) is 5.75 Å². The van der Waals surface area contributed by atoms with Crippen LogP contribution in [0.15, 0.2) is 48.7 Å². The molecule has 2 aromatic heterocycles. The van der Waals surface area contributed by atoms with Crippen LogP contribution < -0.4 is 0 Å². The lowest BCUT2D eigenvalue weighted by Crippen LogP contribution is -2.13. The number of aromatic nitrogens is 2. The number of hydrogen-bond acceptors (Lipinski definition) is 3. The van der Waals surface area contributed by atoms with E-state index in [0.717, 1.165) is 40.9 Å². The van der Waals surface area contributed by atoms with Gasteiger partial charge in [0.1, 0.15) is 5.75 Å². The number of phenols is 1. The molecule has 5 rings (SSSR count). The van der Waals surface area contributed by atoms with Crippen molar-refractivity contribution in [1.29, 1.82) is 0 Å². The molecule has 4 heteroatoms. The van der Waals surface area contributed by atoms with Crippen LogP contribution in [0.5, 0.6) is 5.75 Å². The van der Waals surface area contributed by atoms with E-state index in [1.807, 2.05) is 18.3 Å². The summed E-state index contributed by atoms with van der Waals surface area (Å²) in [5.41, 5.74) is 6.59. The van der Waals surface area contributed by atoms with Gasteiger partial charge in [0.2, 0.25) is 0 Å². The zero-order valence-corrected chi connectivity index (χ0v) is 13.0. The smallest absolute Gasteiger partial charge is 0.115 e. The van der Waals surface area contributed by atoms with Crippen LogP contribution in [0.3, 0.4) is 0 Å². The van der Waals surface area contributed by atoms with Gasteiger partial charge in [-0.15, -0.1) is 0 Å². The molecule has 0 radical (unpaired) electrons. The SMILES string of the molecule is Oc1ccc(-c2nc3ccc4[nH]ccc4c3c3c2COCC3)cc1. The van der Waals surface area contributed by atoms with Crippen molar-refractivity contribution in [3.63, 3.8) is 0 Å². The Morgan fingerprint density at radius 1 is 1.00 bits per heavy atom. The minimum atomic E-state index is 0.263. The molecule has 0 spiro atoms. The monoisotopic (exact) mass is 316 g/mol. The molecule has 0 atom stereocenters. The van der Waals surface area contributed by atoms with Gasteiger partial charge in [-0.1, -0.05) is 0 Å². The second-order valence-corrected chi connectivity index (χ2v) is 6.17. The van der Waals surface area contributed by atoms with Gasteiger partial charge in [0.15, 0.2) is 0 Å². The van der Waals surface area contributed by atoms with E-state index in [9.17, 15) is 5.11 Å². The molecule has 0 fully saturated rings. The summed E-state index contributed by atoms with van der Waals surface area (Å²) in [7, 11) is 0. The normalized spacial score (nSPS) is 14.2. The molecule has 1 aliphatic rings. The predicted molar refractivity (Wildman–Crippen MR) is 94.1 cm³/mol. The summed E-state index contributed by atoms with van der Waals surface area (Å²) in [6, 6.07) is 13.5. The third kappa shape index (κ3) is 1.93. The van der Waals surface area contributed by atoms with Gasteiger partial charge in [-0.05, 0) is 54.4 Å².